The fraction of sp³-hybridized carbons (Fsp3) is 0.333. The average molecular weight is 626 g/mol. The molecule has 2 heterocycles. The standard InChI is InChI=1S/C24H27N5O9S3/c1-3-38-24(32)27-10-12-28(13-11-27)41(35,36)17-6-4-16(5-7-17)22(31)26-23-29(15-21(30)37-2)19-9-8-18(40(25,33)34)14-20(19)39-23/h4-9,14H,3,10-13,15H2,1-2H3,(H2,25,33,34). The van der Waals surface area contributed by atoms with Gasteiger partial charge in [0, 0.05) is 31.7 Å². The number of piperazine rings is 1. The number of hydrogen-bond donors (Lipinski definition) is 1. The number of carbonyl (C=O) groups is 3. The van der Waals surface area contributed by atoms with Gasteiger partial charge in [-0.25, -0.2) is 26.8 Å². The number of sulfonamides is 2. The number of methoxy groups -OCH3 is 1. The van der Waals surface area contributed by atoms with Crippen molar-refractivity contribution < 1.29 is 40.7 Å². The van der Waals surface area contributed by atoms with E-state index >= 15 is 0 Å². The van der Waals surface area contributed by atoms with Gasteiger partial charge in [-0.3, -0.25) is 9.59 Å². The van der Waals surface area contributed by atoms with Crippen molar-refractivity contribution >= 4 is 59.6 Å². The second-order valence-corrected chi connectivity index (χ2v) is 13.3. The number of amides is 2. The topological polar surface area (TPSA) is 188 Å². The molecule has 3 aromatic rings. The molecule has 0 saturated carbocycles. The van der Waals surface area contributed by atoms with E-state index in [4.69, 9.17) is 14.6 Å². The summed E-state index contributed by atoms with van der Waals surface area (Å²) in [5.74, 6) is -1.33. The normalized spacial score (nSPS) is 15.2. The molecular weight excluding hydrogens is 598 g/mol. The van der Waals surface area contributed by atoms with Gasteiger partial charge in [-0.05, 0) is 49.4 Å². The lowest BCUT2D eigenvalue weighted by Gasteiger charge is -2.33. The molecule has 2 amide bonds. The number of thiazole rings is 1. The summed E-state index contributed by atoms with van der Waals surface area (Å²) in [6, 6.07) is 9.28. The fourth-order valence-corrected chi connectivity index (χ4v) is 7.16. The highest BCUT2D eigenvalue weighted by atomic mass is 32.2. The molecule has 1 saturated heterocycles. The Bertz CT molecular complexity index is 1770. The second-order valence-electron chi connectivity index (χ2n) is 8.75. The maximum atomic E-state index is 13.1. The minimum atomic E-state index is -3.99. The quantitative estimate of drug-likeness (QED) is 0.369. The van der Waals surface area contributed by atoms with Crippen molar-refractivity contribution in [2.75, 3.05) is 39.9 Å². The molecule has 2 N–H and O–H groups in total. The third kappa shape index (κ3) is 6.65. The summed E-state index contributed by atoms with van der Waals surface area (Å²) in [7, 11) is -6.67. The third-order valence-corrected chi connectivity index (χ3v) is 10.1. The second kappa shape index (κ2) is 12.1. The van der Waals surface area contributed by atoms with Gasteiger partial charge in [0.1, 0.15) is 6.54 Å². The Morgan fingerprint density at radius 3 is 2.20 bits per heavy atom. The van der Waals surface area contributed by atoms with Gasteiger partial charge in [-0.15, -0.1) is 0 Å². The molecule has 1 aliphatic heterocycles. The Kier molecular flexibility index (Phi) is 8.93. The van der Waals surface area contributed by atoms with Crippen molar-refractivity contribution in [1.82, 2.24) is 13.8 Å². The molecule has 0 bridgehead atoms. The van der Waals surface area contributed by atoms with Gasteiger partial charge >= 0.3 is 12.1 Å². The van der Waals surface area contributed by atoms with Crippen LogP contribution in [0.5, 0.6) is 0 Å². The first kappa shape index (κ1) is 30.3. The predicted octanol–water partition coefficient (Wildman–Crippen LogP) is 0.727. The minimum absolute atomic E-state index is 0.0308. The number of ether oxygens (including phenoxy) is 2. The van der Waals surface area contributed by atoms with E-state index in [1.165, 1.54) is 63.3 Å². The molecule has 0 spiro atoms. The van der Waals surface area contributed by atoms with Crippen LogP contribution in [0, 0.1) is 0 Å². The van der Waals surface area contributed by atoms with E-state index in [0.717, 1.165) is 11.3 Å². The molecule has 14 nitrogen and oxygen atoms in total. The molecule has 1 aliphatic rings. The first-order valence-electron chi connectivity index (χ1n) is 12.2. The first-order valence-corrected chi connectivity index (χ1v) is 16.0. The number of rotatable bonds is 7. The molecule has 0 unspecified atom stereocenters. The van der Waals surface area contributed by atoms with Crippen LogP contribution in [0.4, 0.5) is 4.79 Å². The van der Waals surface area contributed by atoms with Crippen LogP contribution in [-0.2, 0) is 40.9 Å². The number of fused-ring (bicyclic) bond motifs is 1. The molecule has 1 fully saturated rings. The minimum Gasteiger partial charge on any atom is -0.468 e. The lowest BCUT2D eigenvalue weighted by atomic mass is 10.2. The summed E-state index contributed by atoms with van der Waals surface area (Å²) in [5.41, 5.74) is 0.521. The molecule has 0 aliphatic carbocycles. The monoisotopic (exact) mass is 625 g/mol. The predicted molar refractivity (Wildman–Crippen MR) is 147 cm³/mol. The highest BCUT2D eigenvalue weighted by Crippen LogP contribution is 2.22. The Hall–Kier alpha value is -3.64. The van der Waals surface area contributed by atoms with Crippen molar-refractivity contribution in [3.8, 4) is 0 Å². The largest absolute Gasteiger partial charge is 0.468 e. The van der Waals surface area contributed by atoms with Crippen molar-refractivity contribution in [2.45, 2.75) is 23.3 Å². The van der Waals surface area contributed by atoms with Gasteiger partial charge in [0.05, 0.1) is 33.7 Å². The smallest absolute Gasteiger partial charge is 0.409 e. The highest BCUT2D eigenvalue weighted by molar-refractivity contribution is 7.89. The summed E-state index contributed by atoms with van der Waals surface area (Å²) in [5, 5.41) is 5.22. The van der Waals surface area contributed by atoms with Crippen LogP contribution in [0.2, 0.25) is 0 Å². The summed E-state index contributed by atoms with van der Waals surface area (Å²) in [6.45, 7) is 2.18. The van der Waals surface area contributed by atoms with Gasteiger partial charge in [0.15, 0.2) is 4.80 Å². The van der Waals surface area contributed by atoms with Gasteiger partial charge in [0.2, 0.25) is 20.0 Å². The van der Waals surface area contributed by atoms with E-state index < -0.39 is 38.0 Å². The number of carbonyl (C=O) groups excluding carboxylic acids is 3. The summed E-state index contributed by atoms with van der Waals surface area (Å²) in [4.78, 5) is 42.4. The van der Waals surface area contributed by atoms with Crippen LogP contribution in [0.15, 0.2) is 57.2 Å². The van der Waals surface area contributed by atoms with Crippen LogP contribution in [0.1, 0.15) is 17.3 Å². The molecule has 0 atom stereocenters. The molecule has 220 valence electrons. The van der Waals surface area contributed by atoms with Gasteiger partial charge < -0.3 is 18.9 Å². The summed E-state index contributed by atoms with van der Waals surface area (Å²) >= 11 is 0.969. The Morgan fingerprint density at radius 1 is 0.976 bits per heavy atom. The van der Waals surface area contributed by atoms with E-state index in [-0.39, 0.29) is 59.5 Å². The maximum Gasteiger partial charge on any atom is 0.409 e. The van der Waals surface area contributed by atoms with Crippen LogP contribution in [0.25, 0.3) is 10.2 Å². The number of aromatic nitrogens is 1. The Labute approximate surface area is 239 Å². The van der Waals surface area contributed by atoms with Gasteiger partial charge in [-0.2, -0.15) is 9.30 Å². The van der Waals surface area contributed by atoms with Gasteiger partial charge in [0.25, 0.3) is 5.91 Å². The maximum absolute atomic E-state index is 13.1. The zero-order valence-electron chi connectivity index (χ0n) is 22.0. The molecule has 0 radical (unpaired) electrons. The van der Waals surface area contributed by atoms with E-state index in [2.05, 4.69) is 4.99 Å². The number of nitrogens with zero attached hydrogens (tertiary/aromatic N) is 4. The summed E-state index contributed by atoms with van der Waals surface area (Å²) < 4.78 is 62.6. The molecule has 17 heteroatoms. The molecule has 4 rings (SSSR count). The van der Waals surface area contributed by atoms with Crippen LogP contribution >= 0.6 is 11.3 Å². The van der Waals surface area contributed by atoms with Crippen molar-refractivity contribution in [3.63, 3.8) is 0 Å². The summed E-state index contributed by atoms with van der Waals surface area (Å²) in [6.07, 6.45) is -0.493. The SMILES string of the molecule is CCOC(=O)N1CCN(S(=O)(=O)c2ccc(C(=O)N=c3sc4cc(S(N)(=O)=O)ccc4n3CC(=O)OC)cc2)CC1. The number of benzene rings is 2. The van der Waals surface area contributed by atoms with E-state index in [0.29, 0.717) is 10.2 Å². The highest BCUT2D eigenvalue weighted by Gasteiger charge is 2.30. The molecule has 2 aromatic carbocycles. The van der Waals surface area contributed by atoms with Crippen molar-refractivity contribution in [2.24, 2.45) is 10.1 Å². The average Bonchev–Trinajstić information content (AvgIpc) is 3.28. The number of esters is 1. The molecule has 1 aromatic heterocycles. The van der Waals surface area contributed by atoms with E-state index in [1.54, 1.807) is 6.92 Å². The van der Waals surface area contributed by atoms with E-state index in [1.807, 2.05) is 0 Å². The Balaban J connectivity index is 1.60. The number of nitrogens with two attached hydrogens (primary N) is 1. The molecule has 41 heavy (non-hydrogen) atoms. The van der Waals surface area contributed by atoms with Gasteiger partial charge in [-0.1, -0.05) is 11.3 Å². The van der Waals surface area contributed by atoms with Crippen LogP contribution in [0.3, 0.4) is 0 Å². The zero-order valence-corrected chi connectivity index (χ0v) is 24.5. The van der Waals surface area contributed by atoms with Crippen LogP contribution < -0.4 is 9.94 Å². The third-order valence-electron chi connectivity index (χ3n) is 6.20. The lowest BCUT2D eigenvalue weighted by Crippen LogP contribution is -2.50. The molecular formula is C24H27N5O9S3. The van der Waals surface area contributed by atoms with E-state index in [9.17, 15) is 31.2 Å². The number of hydrogen-bond acceptors (Lipinski definition) is 10. The first-order chi connectivity index (χ1) is 19.3. The van der Waals surface area contributed by atoms with Crippen LogP contribution in [-0.4, -0.2) is 88.5 Å². The lowest BCUT2D eigenvalue weighted by molar-refractivity contribution is -0.141. The van der Waals surface area contributed by atoms with Crippen molar-refractivity contribution in [1.29, 1.82) is 0 Å². The zero-order chi connectivity index (χ0) is 29.9. The fourth-order valence-electron chi connectivity index (χ4n) is 4.06. The Morgan fingerprint density at radius 2 is 1.61 bits per heavy atom. The van der Waals surface area contributed by atoms with Crippen molar-refractivity contribution in [3.05, 3.63) is 52.8 Å². The number of primary sulfonamides is 1.